The topological polar surface area (TPSA) is 61.1 Å². The van der Waals surface area contributed by atoms with Crippen LogP contribution in [0, 0.1) is 0 Å². The lowest BCUT2D eigenvalue weighted by Gasteiger charge is -2.20. The minimum Gasteiger partial charge on any atom is -0.325 e. The van der Waals surface area contributed by atoms with E-state index >= 15 is 0 Å². The molecule has 1 saturated carbocycles. The van der Waals surface area contributed by atoms with E-state index in [0.29, 0.717) is 23.3 Å². The first kappa shape index (κ1) is 12.0. The Balaban J connectivity index is 2.06. The Morgan fingerprint density at radius 3 is 2.67 bits per heavy atom. The normalized spacial score (nSPS) is 17.7. The van der Waals surface area contributed by atoms with Crippen molar-refractivity contribution in [1.29, 1.82) is 0 Å². The highest BCUT2D eigenvalue weighted by atomic mass is 35.5. The fourth-order valence-corrected chi connectivity index (χ4v) is 3.08. The molecule has 2 aromatic heterocycles. The Labute approximate surface area is 111 Å². The average molecular weight is 268 g/mol. The molecule has 2 heterocycles. The van der Waals surface area contributed by atoms with Gasteiger partial charge in [-0.05, 0) is 12.8 Å². The zero-order valence-corrected chi connectivity index (χ0v) is 11.3. The Morgan fingerprint density at radius 2 is 2.06 bits per heavy atom. The summed E-state index contributed by atoms with van der Waals surface area (Å²) in [7, 11) is 2.01. The highest BCUT2D eigenvalue weighted by Crippen LogP contribution is 2.32. The lowest BCUT2D eigenvalue weighted by Crippen LogP contribution is -2.10. The Hall–Kier alpha value is -1.07. The first-order valence-electron chi connectivity index (χ1n) is 6.52. The van der Waals surface area contributed by atoms with Crippen molar-refractivity contribution < 1.29 is 0 Å². The zero-order valence-electron chi connectivity index (χ0n) is 10.6. The lowest BCUT2D eigenvalue weighted by atomic mass is 9.89. The van der Waals surface area contributed by atoms with Gasteiger partial charge in [-0.25, -0.2) is 4.98 Å². The smallest absolute Gasteiger partial charge is 0.233 e. The standard InChI is InChI=1S/C12H18ClN5/c1-17-11(8-5-3-2-4-6-8)16-18-10(13)9(7-14)15-12(17)18/h8H,2-7,14H2,1H3. The summed E-state index contributed by atoms with van der Waals surface area (Å²) in [6.45, 7) is 0.348. The monoisotopic (exact) mass is 267 g/mol. The SMILES string of the molecule is Cn1c(C2CCCCC2)nn2c(Cl)c(CN)nc12. The van der Waals surface area contributed by atoms with Crippen LogP contribution in [0.15, 0.2) is 0 Å². The molecule has 5 nitrogen and oxygen atoms in total. The molecule has 18 heavy (non-hydrogen) atoms. The third kappa shape index (κ3) is 1.73. The quantitative estimate of drug-likeness (QED) is 0.908. The summed E-state index contributed by atoms with van der Waals surface area (Å²) in [5.41, 5.74) is 6.32. The number of hydrogen-bond donors (Lipinski definition) is 1. The van der Waals surface area contributed by atoms with E-state index in [2.05, 4.69) is 14.6 Å². The first-order valence-corrected chi connectivity index (χ1v) is 6.90. The van der Waals surface area contributed by atoms with Crippen molar-refractivity contribution in [2.75, 3.05) is 0 Å². The molecule has 0 radical (unpaired) electrons. The van der Waals surface area contributed by atoms with Gasteiger partial charge in [0.25, 0.3) is 0 Å². The Bertz CT molecular complexity index is 565. The van der Waals surface area contributed by atoms with Crippen LogP contribution in [0.3, 0.4) is 0 Å². The van der Waals surface area contributed by atoms with Crippen molar-refractivity contribution in [3.05, 3.63) is 16.7 Å². The van der Waals surface area contributed by atoms with Crippen molar-refractivity contribution >= 4 is 17.4 Å². The number of imidazole rings is 1. The number of nitrogens with two attached hydrogens (primary N) is 1. The molecule has 0 bridgehead atoms. The first-order chi connectivity index (χ1) is 8.72. The molecule has 1 aliphatic rings. The van der Waals surface area contributed by atoms with Crippen LogP contribution < -0.4 is 5.73 Å². The van der Waals surface area contributed by atoms with Crippen LogP contribution in [0.25, 0.3) is 5.78 Å². The second kappa shape index (κ2) is 4.55. The summed E-state index contributed by atoms with van der Waals surface area (Å²) >= 11 is 6.23. The van der Waals surface area contributed by atoms with Crippen LogP contribution in [0.2, 0.25) is 5.15 Å². The van der Waals surface area contributed by atoms with Crippen molar-refractivity contribution in [3.63, 3.8) is 0 Å². The molecule has 0 atom stereocenters. The van der Waals surface area contributed by atoms with Gasteiger partial charge in [0.2, 0.25) is 5.78 Å². The second-order valence-electron chi connectivity index (χ2n) is 5.02. The second-order valence-corrected chi connectivity index (χ2v) is 5.38. The fraction of sp³-hybridized carbons (Fsp3) is 0.667. The van der Waals surface area contributed by atoms with E-state index in [1.54, 1.807) is 4.52 Å². The molecule has 2 N–H and O–H groups in total. The minimum absolute atomic E-state index is 0.348. The molecule has 0 unspecified atom stereocenters. The predicted molar refractivity (Wildman–Crippen MR) is 70.7 cm³/mol. The maximum atomic E-state index is 6.23. The van der Waals surface area contributed by atoms with E-state index in [4.69, 9.17) is 17.3 Å². The molecule has 1 aliphatic carbocycles. The van der Waals surface area contributed by atoms with Gasteiger partial charge >= 0.3 is 0 Å². The van der Waals surface area contributed by atoms with Gasteiger partial charge in [0.05, 0.1) is 5.69 Å². The highest BCUT2D eigenvalue weighted by molar-refractivity contribution is 6.30. The maximum Gasteiger partial charge on any atom is 0.233 e. The van der Waals surface area contributed by atoms with E-state index in [1.165, 1.54) is 32.1 Å². The molecule has 6 heteroatoms. The maximum absolute atomic E-state index is 6.23. The summed E-state index contributed by atoms with van der Waals surface area (Å²) in [6, 6.07) is 0. The largest absolute Gasteiger partial charge is 0.325 e. The third-order valence-corrected chi connectivity index (χ3v) is 4.24. The minimum atomic E-state index is 0.348. The number of rotatable bonds is 2. The summed E-state index contributed by atoms with van der Waals surface area (Å²) in [5.74, 6) is 2.44. The van der Waals surface area contributed by atoms with E-state index in [0.717, 1.165) is 11.6 Å². The summed E-state index contributed by atoms with van der Waals surface area (Å²) in [4.78, 5) is 4.45. The molecular weight excluding hydrogens is 250 g/mol. The number of nitrogens with zero attached hydrogens (tertiary/aromatic N) is 4. The van der Waals surface area contributed by atoms with Gasteiger partial charge in [-0.2, -0.15) is 9.61 Å². The molecule has 2 aromatic rings. The van der Waals surface area contributed by atoms with E-state index in [-0.39, 0.29) is 0 Å². The molecule has 0 aromatic carbocycles. The lowest BCUT2D eigenvalue weighted by molar-refractivity contribution is 0.420. The number of aryl methyl sites for hydroxylation is 1. The Kier molecular flexibility index (Phi) is 3.03. The van der Waals surface area contributed by atoms with Gasteiger partial charge in [-0.15, -0.1) is 0 Å². The molecule has 0 amide bonds. The Morgan fingerprint density at radius 1 is 1.33 bits per heavy atom. The summed E-state index contributed by atoms with van der Waals surface area (Å²) in [6.07, 6.45) is 6.37. The molecule has 3 rings (SSSR count). The van der Waals surface area contributed by atoms with Crippen molar-refractivity contribution in [2.45, 2.75) is 44.6 Å². The van der Waals surface area contributed by atoms with Gasteiger partial charge in [0.1, 0.15) is 5.82 Å². The summed E-state index contributed by atoms with van der Waals surface area (Å²) in [5, 5.41) is 5.18. The molecule has 0 spiro atoms. The molecular formula is C12H18ClN5. The molecule has 98 valence electrons. The zero-order chi connectivity index (χ0) is 12.7. The van der Waals surface area contributed by atoms with Gasteiger partial charge in [-0.3, -0.25) is 4.57 Å². The molecule has 0 aliphatic heterocycles. The van der Waals surface area contributed by atoms with Gasteiger partial charge in [0.15, 0.2) is 5.15 Å². The van der Waals surface area contributed by atoms with Gasteiger partial charge in [-0.1, -0.05) is 30.9 Å². The van der Waals surface area contributed by atoms with Gasteiger partial charge < -0.3 is 5.73 Å². The van der Waals surface area contributed by atoms with E-state index < -0.39 is 0 Å². The number of halogens is 1. The highest BCUT2D eigenvalue weighted by Gasteiger charge is 2.23. The van der Waals surface area contributed by atoms with Crippen LogP contribution in [0.5, 0.6) is 0 Å². The summed E-state index contributed by atoms with van der Waals surface area (Å²) < 4.78 is 3.77. The molecule has 0 saturated heterocycles. The van der Waals surface area contributed by atoms with Crippen LogP contribution in [-0.4, -0.2) is 19.2 Å². The van der Waals surface area contributed by atoms with Crippen molar-refractivity contribution in [1.82, 2.24) is 19.2 Å². The van der Waals surface area contributed by atoms with Crippen molar-refractivity contribution in [2.24, 2.45) is 12.8 Å². The van der Waals surface area contributed by atoms with Gasteiger partial charge in [0, 0.05) is 19.5 Å². The van der Waals surface area contributed by atoms with Crippen LogP contribution in [0.4, 0.5) is 0 Å². The van der Waals surface area contributed by atoms with Crippen LogP contribution >= 0.6 is 11.6 Å². The predicted octanol–water partition coefficient (Wildman–Crippen LogP) is 2.23. The fourth-order valence-electron chi connectivity index (χ4n) is 2.85. The number of hydrogen-bond acceptors (Lipinski definition) is 3. The average Bonchev–Trinajstić information content (AvgIpc) is 2.89. The van der Waals surface area contributed by atoms with E-state index in [1.807, 2.05) is 7.05 Å². The van der Waals surface area contributed by atoms with Crippen molar-refractivity contribution in [3.8, 4) is 0 Å². The van der Waals surface area contributed by atoms with E-state index in [9.17, 15) is 0 Å². The third-order valence-electron chi connectivity index (χ3n) is 3.86. The molecule has 1 fully saturated rings. The number of fused-ring (bicyclic) bond motifs is 1. The van der Waals surface area contributed by atoms with Crippen LogP contribution in [0.1, 0.15) is 49.5 Å². The number of aromatic nitrogens is 4. The van der Waals surface area contributed by atoms with Crippen LogP contribution in [-0.2, 0) is 13.6 Å².